The summed E-state index contributed by atoms with van der Waals surface area (Å²) in [5.74, 6) is 0. The molecule has 0 amide bonds. The van der Waals surface area contributed by atoms with E-state index in [2.05, 4.69) is 61.6 Å². The first-order valence-electron chi connectivity index (χ1n) is 9.81. The Morgan fingerprint density at radius 1 is 1.08 bits per heavy atom. The van der Waals surface area contributed by atoms with Crippen LogP contribution in [0.1, 0.15) is 50.7 Å². The van der Waals surface area contributed by atoms with Crippen LogP contribution in [-0.2, 0) is 16.7 Å². The van der Waals surface area contributed by atoms with Gasteiger partial charge in [0, 0.05) is 29.0 Å². The number of ether oxygens (including phenoxy) is 1. The minimum atomic E-state index is -0.00965. The molecule has 3 heteroatoms. The van der Waals surface area contributed by atoms with Crippen LogP contribution in [0.2, 0.25) is 5.02 Å². The Kier molecular flexibility index (Phi) is 6.39. The summed E-state index contributed by atoms with van der Waals surface area (Å²) in [6.07, 6.45) is 4.47. The second-order valence-electron chi connectivity index (χ2n) is 7.88. The zero-order chi connectivity index (χ0) is 18.5. The summed E-state index contributed by atoms with van der Waals surface area (Å²) in [7, 11) is 0. The zero-order valence-electron chi connectivity index (χ0n) is 16.0. The second kappa shape index (κ2) is 8.56. The number of hydrogen-bond donors (Lipinski definition) is 1. The molecule has 2 nitrogen and oxygen atoms in total. The summed E-state index contributed by atoms with van der Waals surface area (Å²) in [4.78, 5) is 0. The van der Waals surface area contributed by atoms with Crippen molar-refractivity contribution >= 4 is 11.6 Å². The van der Waals surface area contributed by atoms with Crippen LogP contribution in [0.3, 0.4) is 0 Å². The minimum absolute atomic E-state index is 0.00965. The fraction of sp³-hybridized carbons (Fsp3) is 0.478. The van der Waals surface area contributed by atoms with Gasteiger partial charge >= 0.3 is 0 Å². The Morgan fingerprint density at radius 2 is 1.81 bits per heavy atom. The smallest absolute Gasteiger partial charge is 0.101 e. The molecular formula is C23H31ClNO+. The Morgan fingerprint density at radius 3 is 2.50 bits per heavy atom. The summed E-state index contributed by atoms with van der Waals surface area (Å²) in [5.41, 5.74) is 3.02. The molecule has 0 unspecified atom stereocenters. The molecule has 1 aliphatic rings. The third-order valence-corrected chi connectivity index (χ3v) is 6.25. The van der Waals surface area contributed by atoms with Crippen LogP contribution in [-0.4, -0.2) is 18.8 Å². The average Bonchev–Trinajstić information content (AvgIpc) is 2.67. The number of quaternary nitrogens is 1. The number of rotatable bonds is 7. The van der Waals surface area contributed by atoms with Crippen molar-refractivity contribution in [3.05, 3.63) is 70.7 Å². The normalized spacial score (nSPS) is 26.0. The molecule has 2 aromatic carbocycles. The maximum absolute atomic E-state index is 6.16. The highest BCUT2D eigenvalue weighted by Crippen LogP contribution is 2.44. The lowest BCUT2D eigenvalue weighted by Crippen LogP contribution is -2.83. The van der Waals surface area contributed by atoms with Gasteiger partial charge < -0.3 is 10.1 Å². The van der Waals surface area contributed by atoms with Gasteiger partial charge in [-0.05, 0) is 43.9 Å². The summed E-state index contributed by atoms with van der Waals surface area (Å²) < 4.78 is 6.16. The monoisotopic (exact) mass is 372 g/mol. The first-order valence-corrected chi connectivity index (χ1v) is 10.2. The highest BCUT2D eigenvalue weighted by Gasteiger charge is 2.43. The molecule has 1 aliphatic heterocycles. The molecule has 26 heavy (non-hydrogen) atoms. The summed E-state index contributed by atoms with van der Waals surface area (Å²) in [5, 5.41) is 3.23. The summed E-state index contributed by atoms with van der Waals surface area (Å²) in [6, 6.07) is 19.3. The SMILES string of the molecule is CC[C@]1(C)C[C@@](CC[NH2+]Cc2ccc(Cl)cc2)(c2ccccc2)CCO1. The minimum Gasteiger partial charge on any atom is -0.375 e. The molecule has 140 valence electrons. The van der Waals surface area contributed by atoms with E-state index in [0.29, 0.717) is 0 Å². The first-order chi connectivity index (χ1) is 12.6. The summed E-state index contributed by atoms with van der Waals surface area (Å²) in [6.45, 7) is 7.51. The van der Waals surface area contributed by atoms with Crippen LogP contribution < -0.4 is 5.32 Å². The van der Waals surface area contributed by atoms with E-state index >= 15 is 0 Å². The van der Waals surface area contributed by atoms with E-state index in [1.54, 1.807) is 0 Å². The lowest BCUT2D eigenvalue weighted by molar-refractivity contribution is -0.672. The Balaban J connectivity index is 1.67. The van der Waals surface area contributed by atoms with Gasteiger partial charge in [-0.1, -0.05) is 61.0 Å². The van der Waals surface area contributed by atoms with Crippen LogP contribution in [0.25, 0.3) is 0 Å². The fourth-order valence-electron chi connectivity index (χ4n) is 4.24. The maximum Gasteiger partial charge on any atom is 0.101 e. The van der Waals surface area contributed by atoms with Crippen LogP contribution in [0.5, 0.6) is 0 Å². The molecule has 1 saturated heterocycles. The van der Waals surface area contributed by atoms with Crippen molar-refractivity contribution in [2.75, 3.05) is 13.2 Å². The molecule has 0 aliphatic carbocycles. The van der Waals surface area contributed by atoms with Crippen LogP contribution >= 0.6 is 11.6 Å². The lowest BCUT2D eigenvalue weighted by Gasteiger charge is -2.46. The van der Waals surface area contributed by atoms with Crippen LogP contribution in [0, 0.1) is 0 Å². The number of halogens is 1. The molecular weight excluding hydrogens is 342 g/mol. The van der Waals surface area contributed by atoms with Crippen molar-refractivity contribution < 1.29 is 10.1 Å². The van der Waals surface area contributed by atoms with E-state index in [-0.39, 0.29) is 11.0 Å². The van der Waals surface area contributed by atoms with Gasteiger partial charge in [0.25, 0.3) is 0 Å². The predicted octanol–water partition coefficient (Wildman–Crippen LogP) is 4.71. The third kappa shape index (κ3) is 4.68. The molecule has 0 radical (unpaired) electrons. The predicted molar refractivity (Wildman–Crippen MR) is 109 cm³/mol. The third-order valence-electron chi connectivity index (χ3n) is 6.00. The molecule has 3 rings (SSSR count). The molecule has 0 aromatic heterocycles. The largest absolute Gasteiger partial charge is 0.375 e. The quantitative estimate of drug-likeness (QED) is 0.700. The van der Waals surface area contributed by atoms with E-state index < -0.39 is 0 Å². The Bertz CT molecular complexity index is 687. The van der Waals surface area contributed by atoms with Crippen molar-refractivity contribution in [2.24, 2.45) is 0 Å². The van der Waals surface area contributed by atoms with Gasteiger partial charge in [0.15, 0.2) is 0 Å². The van der Waals surface area contributed by atoms with Gasteiger partial charge in [-0.15, -0.1) is 0 Å². The zero-order valence-corrected chi connectivity index (χ0v) is 16.8. The first kappa shape index (κ1) is 19.4. The van der Waals surface area contributed by atoms with E-state index in [1.807, 2.05) is 12.1 Å². The Labute approximate surface area is 162 Å². The van der Waals surface area contributed by atoms with Crippen molar-refractivity contribution in [3.63, 3.8) is 0 Å². The second-order valence-corrected chi connectivity index (χ2v) is 8.32. The van der Waals surface area contributed by atoms with Crippen molar-refractivity contribution in [1.29, 1.82) is 0 Å². The maximum atomic E-state index is 6.16. The standard InChI is InChI=1S/C23H30ClNO/c1-3-22(2)18-23(14-16-26-22,20-7-5-4-6-8-20)13-15-25-17-19-9-11-21(24)12-10-19/h4-12,25H,3,13-18H2,1-2H3/p+1/t22-,23+/m1/s1. The van der Waals surface area contributed by atoms with Gasteiger partial charge in [-0.2, -0.15) is 0 Å². The number of hydrogen-bond acceptors (Lipinski definition) is 1. The van der Waals surface area contributed by atoms with Gasteiger partial charge in [0.05, 0.1) is 12.1 Å². The number of benzene rings is 2. The van der Waals surface area contributed by atoms with Gasteiger partial charge in [0.1, 0.15) is 6.54 Å². The van der Waals surface area contributed by atoms with Crippen molar-refractivity contribution in [1.82, 2.24) is 0 Å². The van der Waals surface area contributed by atoms with Crippen LogP contribution in [0.15, 0.2) is 54.6 Å². The lowest BCUT2D eigenvalue weighted by atomic mass is 9.66. The molecule has 1 heterocycles. The molecule has 0 spiro atoms. The van der Waals surface area contributed by atoms with Crippen molar-refractivity contribution in [3.8, 4) is 0 Å². The molecule has 0 saturated carbocycles. The van der Waals surface area contributed by atoms with E-state index in [4.69, 9.17) is 16.3 Å². The van der Waals surface area contributed by atoms with E-state index in [9.17, 15) is 0 Å². The highest BCUT2D eigenvalue weighted by atomic mass is 35.5. The Hall–Kier alpha value is -1.35. The molecule has 2 atom stereocenters. The van der Waals surface area contributed by atoms with Gasteiger partial charge in [0.2, 0.25) is 0 Å². The van der Waals surface area contributed by atoms with Gasteiger partial charge in [-0.3, -0.25) is 0 Å². The summed E-state index contributed by atoms with van der Waals surface area (Å²) >= 11 is 5.98. The highest BCUT2D eigenvalue weighted by molar-refractivity contribution is 6.30. The van der Waals surface area contributed by atoms with Gasteiger partial charge in [-0.25, -0.2) is 0 Å². The number of nitrogens with two attached hydrogens (primary N) is 1. The topological polar surface area (TPSA) is 25.8 Å². The molecule has 2 aromatic rings. The fourth-order valence-corrected chi connectivity index (χ4v) is 4.36. The van der Waals surface area contributed by atoms with Crippen molar-refractivity contribution in [2.45, 2.75) is 57.1 Å². The average molecular weight is 373 g/mol. The molecule has 1 fully saturated rings. The van der Waals surface area contributed by atoms with E-state index in [0.717, 1.165) is 44.0 Å². The van der Waals surface area contributed by atoms with Crippen LogP contribution in [0.4, 0.5) is 0 Å². The molecule has 0 bridgehead atoms. The van der Waals surface area contributed by atoms with E-state index in [1.165, 1.54) is 17.5 Å². The molecule has 2 N–H and O–H groups in total.